The van der Waals surface area contributed by atoms with E-state index in [1.54, 1.807) is 7.11 Å². The summed E-state index contributed by atoms with van der Waals surface area (Å²) in [5, 5.41) is 2.32. The second-order valence-electron chi connectivity index (χ2n) is 3.32. The van der Waals surface area contributed by atoms with Gasteiger partial charge in [-0.2, -0.15) is 0 Å². The van der Waals surface area contributed by atoms with Crippen molar-refractivity contribution < 1.29 is 4.74 Å². The Morgan fingerprint density at radius 1 is 1.27 bits per heavy atom. The molecule has 2 aromatic carbocycles. The maximum absolute atomic E-state index is 5.74. The van der Waals surface area contributed by atoms with Crippen molar-refractivity contribution in [2.45, 2.75) is 6.54 Å². The minimum absolute atomic E-state index is 0.488. The van der Waals surface area contributed by atoms with E-state index in [1.807, 2.05) is 18.2 Å². The van der Waals surface area contributed by atoms with Gasteiger partial charge in [0.1, 0.15) is 5.75 Å². The van der Waals surface area contributed by atoms with Crippen molar-refractivity contribution in [2.75, 3.05) is 7.11 Å². The third-order valence-electron chi connectivity index (χ3n) is 2.47. The van der Waals surface area contributed by atoms with E-state index in [-0.39, 0.29) is 0 Å². The summed E-state index contributed by atoms with van der Waals surface area (Å²) in [5.74, 6) is 0.854. The second kappa shape index (κ2) is 4.21. The van der Waals surface area contributed by atoms with Crippen molar-refractivity contribution in [1.82, 2.24) is 0 Å². The van der Waals surface area contributed by atoms with Crippen molar-refractivity contribution >= 4 is 26.7 Å². The third-order valence-corrected chi connectivity index (χ3v) is 2.97. The lowest BCUT2D eigenvalue weighted by Gasteiger charge is -2.10. The molecular weight excluding hydrogens is 254 g/mol. The van der Waals surface area contributed by atoms with Crippen LogP contribution >= 0.6 is 15.9 Å². The first-order valence-corrected chi connectivity index (χ1v) is 5.50. The van der Waals surface area contributed by atoms with Crippen molar-refractivity contribution in [3.05, 3.63) is 40.4 Å². The maximum atomic E-state index is 5.74. The Balaban J connectivity index is 2.76. The summed E-state index contributed by atoms with van der Waals surface area (Å²) in [7, 11) is 1.67. The van der Waals surface area contributed by atoms with Crippen molar-refractivity contribution in [3.63, 3.8) is 0 Å². The third kappa shape index (κ3) is 1.85. The van der Waals surface area contributed by atoms with E-state index in [0.717, 1.165) is 21.2 Å². The first-order chi connectivity index (χ1) is 7.26. The normalized spacial score (nSPS) is 10.6. The SMILES string of the molecule is COc1ccc2cc(Br)ccc2c1CN. The molecule has 0 atom stereocenters. The zero-order valence-electron chi connectivity index (χ0n) is 8.46. The highest BCUT2D eigenvalue weighted by Crippen LogP contribution is 2.29. The summed E-state index contributed by atoms with van der Waals surface area (Å²) < 4.78 is 6.36. The highest BCUT2D eigenvalue weighted by molar-refractivity contribution is 9.10. The number of ether oxygens (including phenoxy) is 1. The molecule has 0 aliphatic heterocycles. The molecule has 0 spiro atoms. The molecule has 0 unspecified atom stereocenters. The zero-order valence-corrected chi connectivity index (χ0v) is 10.0. The lowest BCUT2D eigenvalue weighted by molar-refractivity contribution is 0.410. The van der Waals surface area contributed by atoms with Gasteiger partial charge < -0.3 is 10.5 Å². The molecule has 0 saturated carbocycles. The highest BCUT2D eigenvalue weighted by atomic mass is 79.9. The van der Waals surface area contributed by atoms with Gasteiger partial charge in [0.15, 0.2) is 0 Å². The van der Waals surface area contributed by atoms with Crippen molar-refractivity contribution in [2.24, 2.45) is 5.73 Å². The highest BCUT2D eigenvalue weighted by Gasteiger charge is 2.06. The van der Waals surface area contributed by atoms with E-state index in [9.17, 15) is 0 Å². The number of methoxy groups -OCH3 is 1. The van der Waals surface area contributed by atoms with Gasteiger partial charge >= 0.3 is 0 Å². The number of fused-ring (bicyclic) bond motifs is 1. The summed E-state index contributed by atoms with van der Waals surface area (Å²) in [6, 6.07) is 10.1. The van der Waals surface area contributed by atoms with Gasteiger partial charge in [-0.25, -0.2) is 0 Å². The van der Waals surface area contributed by atoms with E-state index in [2.05, 4.69) is 28.1 Å². The molecule has 2 aromatic rings. The van der Waals surface area contributed by atoms with Crippen LogP contribution in [0.25, 0.3) is 10.8 Å². The van der Waals surface area contributed by atoms with Crippen LogP contribution in [0.4, 0.5) is 0 Å². The predicted molar refractivity (Wildman–Crippen MR) is 66.1 cm³/mol. The molecule has 0 heterocycles. The standard InChI is InChI=1S/C12H12BrNO/c1-15-12-5-2-8-6-9(13)3-4-10(8)11(12)7-14/h2-6H,7,14H2,1H3. The molecule has 2 rings (SSSR count). The van der Waals surface area contributed by atoms with Crippen LogP contribution in [0.1, 0.15) is 5.56 Å². The predicted octanol–water partition coefficient (Wildman–Crippen LogP) is 3.07. The number of halogens is 1. The van der Waals surface area contributed by atoms with Gasteiger partial charge in [0, 0.05) is 16.6 Å². The second-order valence-corrected chi connectivity index (χ2v) is 4.23. The number of hydrogen-bond acceptors (Lipinski definition) is 2. The molecule has 0 fully saturated rings. The van der Waals surface area contributed by atoms with Crippen LogP contribution in [-0.4, -0.2) is 7.11 Å². The Morgan fingerprint density at radius 3 is 2.73 bits per heavy atom. The minimum Gasteiger partial charge on any atom is -0.496 e. The van der Waals surface area contributed by atoms with Gasteiger partial charge in [0.05, 0.1) is 7.11 Å². The average molecular weight is 266 g/mol. The molecule has 0 aliphatic rings. The molecule has 0 aromatic heterocycles. The fourth-order valence-corrected chi connectivity index (χ4v) is 2.13. The molecule has 0 saturated heterocycles. The van der Waals surface area contributed by atoms with E-state index in [0.29, 0.717) is 6.54 Å². The Hall–Kier alpha value is -1.06. The van der Waals surface area contributed by atoms with E-state index < -0.39 is 0 Å². The molecule has 0 bridgehead atoms. The largest absolute Gasteiger partial charge is 0.496 e. The summed E-state index contributed by atoms with van der Waals surface area (Å²) in [6.45, 7) is 0.488. The number of nitrogens with two attached hydrogens (primary N) is 1. The molecule has 15 heavy (non-hydrogen) atoms. The summed E-state index contributed by atoms with van der Waals surface area (Å²) >= 11 is 3.45. The summed E-state index contributed by atoms with van der Waals surface area (Å²) in [4.78, 5) is 0. The molecule has 2 N–H and O–H groups in total. The van der Waals surface area contributed by atoms with E-state index >= 15 is 0 Å². The number of hydrogen-bond donors (Lipinski definition) is 1. The number of benzene rings is 2. The fraction of sp³-hybridized carbons (Fsp3) is 0.167. The van der Waals surface area contributed by atoms with Gasteiger partial charge in [0.2, 0.25) is 0 Å². The van der Waals surface area contributed by atoms with Crippen LogP contribution in [0.3, 0.4) is 0 Å². The Bertz CT molecular complexity index is 496. The lowest BCUT2D eigenvalue weighted by atomic mass is 10.0. The zero-order chi connectivity index (χ0) is 10.8. The van der Waals surface area contributed by atoms with Crippen LogP contribution in [-0.2, 0) is 6.54 Å². The van der Waals surface area contributed by atoms with Gasteiger partial charge in [-0.05, 0) is 29.0 Å². The quantitative estimate of drug-likeness (QED) is 0.906. The van der Waals surface area contributed by atoms with Gasteiger partial charge in [-0.3, -0.25) is 0 Å². The van der Waals surface area contributed by atoms with Gasteiger partial charge in [0.25, 0.3) is 0 Å². The van der Waals surface area contributed by atoms with Crippen molar-refractivity contribution in [3.8, 4) is 5.75 Å². The molecule has 0 radical (unpaired) electrons. The minimum atomic E-state index is 0.488. The molecule has 3 heteroatoms. The average Bonchev–Trinajstić information content (AvgIpc) is 2.27. The molecule has 2 nitrogen and oxygen atoms in total. The summed E-state index contributed by atoms with van der Waals surface area (Å²) in [5.41, 5.74) is 6.80. The Morgan fingerprint density at radius 2 is 2.07 bits per heavy atom. The Labute approximate surface area is 97.2 Å². The molecule has 0 aliphatic carbocycles. The molecular formula is C12H12BrNO. The fourth-order valence-electron chi connectivity index (χ4n) is 1.75. The van der Waals surface area contributed by atoms with Crippen LogP contribution in [0, 0.1) is 0 Å². The smallest absolute Gasteiger partial charge is 0.123 e. The molecule has 0 amide bonds. The van der Waals surface area contributed by atoms with Gasteiger partial charge in [-0.15, -0.1) is 0 Å². The monoisotopic (exact) mass is 265 g/mol. The first kappa shape index (κ1) is 10.5. The van der Waals surface area contributed by atoms with Crippen molar-refractivity contribution in [1.29, 1.82) is 0 Å². The summed E-state index contributed by atoms with van der Waals surface area (Å²) in [6.07, 6.45) is 0. The first-order valence-electron chi connectivity index (χ1n) is 4.71. The maximum Gasteiger partial charge on any atom is 0.123 e. The topological polar surface area (TPSA) is 35.2 Å². The van der Waals surface area contributed by atoms with Crippen LogP contribution in [0.15, 0.2) is 34.8 Å². The van der Waals surface area contributed by atoms with Crippen LogP contribution in [0.5, 0.6) is 5.75 Å². The number of rotatable bonds is 2. The van der Waals surface area contributed by atoms with Gasteiger partial charge in [-0.1, -0.05) is 28.1 Å². The van der Waals surface area contributed by atoms with E-state index in [4.69, 9.17) is 10.5 Å². The van der Waals surface area contributed by atoms with Crippen LogP contribution < -0.4 is 10.5 Å². The van der Waals surface area contributed by atoms with Crippen LogP contribution in [0.2, 0.25) is 0 Å². The van der Waals surface area contributed by atoms with E-state index in [1.165, 1.54) is 5.39 Å². The lowest BCUT2D eigenvalue weighted by Crippen LogP contribution is -2.00. The molecule has 78 valence electrons. The Kier molecular flexibility index (Phi) is 2.93.